The Labute approximate surface area is 129 Å². The van der Waals surface area contributed by atoms with Gasteiger partial charge in [0.05, 0.1) is 11.5 Å². The maximum Gasteiger partial charge on any atom is 0.307 e. The van der Waals surface area contributed by atoms with Gasteiger partial charge in [0.25, 0.3) is 5.91 Å². The summed E-state index contributed by atoms with van der Waals surface area (Å²) in [6, 6.07) is 7.51. The summed E-state index contributed by atoms with van der Waals surface area (Å²) >= 11 is 0. The molecule has 2 bridgehead atoms. The summed E-state index contributed by atoms with van der Waals surface area (Å²) in [6.45, 7) is 2.05. The number of para-hydroxylation sites is 1. The molecule has 0 aromatic heterocycles. The van der Waals surface area contributed by atoms with Gasteiger partial charge in [0.15, 0.2) is 0 Å². The number of hydrogen-bond donors (Lipinski definition) is 3. The van der Waals surface area contributed by atoms with Gasteiger partial charge in [-0.25, -0.2) is 0 Å². The Hall–Kier alpha value is -2.04. The Bertz CT molecular complexity index is 674. The van der Waals surface area contributed by atoms with Crippen molar-refractivity contribution in [2.75, 3.05) is 5.32 Å². The van der Waals surface area contributed by atoms with Gasteiger partial charge in [0.2, 0.25) is 0 Å². The summed E-state index contributed by atoms with van der Waals surface area (Å²) in [6.07, 6.45) is 3.16. The molecule has 4 atom stereocenters. The summed E-state index contributed by atoms with van der Waals surface area (Å²) in [4.78, 5) is 24.1. The highest BCUT2D eigenvalue weighted by Gasteiger charge is 2.60. The van der Waals surface area contributed by atoms with Crippen molar-refractivity contribution >= 4 is 17.6 Å². The second kappa shape index (κ2) is 4.24. The molecule has 3 aliphatic carbocycles. The molecule has 1 aliphatic heterocycles. The molecule has 5 nitrogen and oxygen atoms in total. The van der Waals surface area contributed by atoms with Crippen LogP contribution < -0.4 is 10.6 Å². The largest absolute Gasteiger partial charge is 0.481 e. The molecule has 5 heteroatoms. The number of aliphatic carboxylic acids is 1. The smallest absolute Gasteiger partial charge is 0.307 e. The number of hydrogen-bond acceptors (Lipinski definition) is 3. The molecule has 22 heavy (non-hydrogen) atoms. The summed E-state index contributed by atoms with van der Waals surface area (Å²) in [5.41, 5.74) is 0.751. The maximum atomic E-state index is 12.5. The van der Waals surface area contributed by atoms with Crippen LogP contribution in [0.15, 0.2) is 24.3 Å². The van der Waals surface area contributed by atoms with E-state index in [0.717, 1.165) is 18.5 Å². The molecule has 3 N–H and O–H groups in total. The first-order valence-electron chi connectivity index (χ1n) is 7.86. The number of carboxylic acids is 1. The minimum absolute atomic E-state index is 0.0580. The van der Waals surface area contributed by atoms with Crippen LogP contribution in [-0.4, -0.2) is 22.6 Å². The van der Waals surface area contributed by atoms with Crippen LogP contribution in [0.4, 0.5) is 5.69 Å². The van der Waals surface area contributed by atoms with Crippen LogP contribution >= 0.6 is 0 Å². The summed E-state index contributed by atoms with van der Waals surface area (Å²) in [7, 11) is 0. The highest BCUT2D eigenvalue weighted by molar-refractivity contribution is 6.02. The molecule has 1 aromatic rings. The summed E-state index contributed by atoms with van der Waals surface area (Å²) in [5.74, 6) is -0.914. The van der Waals surface area contributed by atoms with Crippen LogP contribution in [0.3, 0.4) is 0 Å². The number of carbonyl (C=O) groups excluding carboxylic acids is 1. The van der Waals surface area contributed by atoms with E-state index in [2.05, 4.69) is 17.6 Å². The molecule has 0 saturated heterocycles. The lowest BCUT2D eigenvalue weighted by Gasteiger charge is -2.60. The average molecular weight is 300 g/mol. The van der Waals surface area contributed by atoms with Gasteiger partial charge >= 0.3 is 5.97 Å². The Balaban J connectivity index is 1.73. The Morgan fingerprint density at radius 1 is 1.32 bits per heavy atom. The number of benzene rings is 1. The molecule has 1 amide bonds. The number of carbonyl (C=O) groups is 2. The zero-order valence-electron chi connectivity index (χ0n) is 12.6. The molecular weight excluding hydrogens is 280 g/mol. The second-order valence-electron chi connectivity index (χ2n) is 7.29. The Kier molecular flexibility index (Phi) is 2.63. The lowest BCUT2D eigenvalue weighted by atomic mass is 9.51. The van der Waals surface area contributed by atoms with Crippen LogP contribution in [0.25, 0.3) is 0 Å². The van der Waals surface area contributed by atoms with E-state index in [1.807, 2.05) is 24.3 Å². The highest BCUT2D eigenvalue weighted by Crippen LogP contribution is 2.58. The van der Waals surface area contributed by atoms with Crippen LogP contribution in [0.5, 0.6) is 0 Å². The van der Waals surface area contributed by atoms with Gasteiger partial charge in [-0.1, -0.05) is 19.1 Å². The quantitative estimate of drug-likeness (QED) is 0.744. The fraction of sp³-hybridized carbons (Fsp3) is 0.529. The van der Waals surface area contributed by atoms with Crippen molar-refractivity contribution in [3.63, 3.8) is 0 Å². The fourth-order valence-electron chi connectivity index (χ4n) is 4.83. The molecule has 1 heterocycles. The predicted octanol–water partition coefficient (Wildman–Crippen LogP) is 2.45. The van der Waals surface area contributed by atoms with Crippen molar-refractivity contribution in [1.29, 1.82) is 0 Å². The van der Waals surface area contributed by atoms with Crippen molar-refractivity contribution in [1.82, 2.24) is 5.32 Å². The van der Waals surface area contributed by atoms with E-state index in [1.54, 1.807) is 0 Å². The van der Waals surface area contributed by atoms with Gasteiger partial charge < -0.3 is 15.7 Å². The van der Waals surface area contributed by atoms with Crippen LogP contribution in [0.2, 0.25) is 0 Å². The normalized spacial score (nSPS) is 39.0. The monoisotopic (exact) mass is 300 g/mol. The summed E-state index contributed by atoms with van der Waals surface area (Å²) in [5, 5.41) is 16.2. The van der Waals surface area contributed by atoms with Crippen molar-refractivity contribution < 1.29 is 14.7 Å². The predicted molar refractivity (Wildman–Crippen MR) is 81.5 cm³/mol. The lowest BCUT2D eigenvalue weighted by molar-refractivity contribution is -0.156. The standard InChI is InChI=1S/C17H20N2O3/c1-16-7-6-10(8-12(16)15(21)22)17(9-16)18-13-5-3-2-4-11(13)14(20)19-17/h2-5,10,12,18H,6-9H2,1H3,(H,19,20)(H,21,22)/t10-,12+,16-,17+/m0/s1. The number of rotatable bonds is 1. The lowest BCUT2D eigenvalue weighted by Crippen LogP contribution is -2.69. The van der Waals surface area contributed by atoms with E-state index >= 15 is 0 Å². The number of carboxylic acid groups (broad SMARTS) is 1. The van der Waals surface area contributed by atoms with E-state index in [1.165, 1.54) is 0 Å². The van der Waals surface area contributed by atoms with E-state index in [-0.39, 0.29) is 23.2 Å². The number of amides is 1. The third-order valence-electron chi connectivity index (χ3n) is 5.97. The van der Waals surface area contributed by atoms with E-state index in [4.69, 9.17) is 0 Å². The number of nitrogens with one attached hydrogen (secondary N) is 2. The molecule has 3 fully saturated rings. The highest BCUT2D eigenvalue weighted by atomic mass is 16.4. The SMILES string of the molecule is C[C@@]12CC[C@@H](C[C@@H]1C(=O)O)[C@@]1(C2)NC(=O)c2ccccc2N1. The zero-order chi connectivity index (χ0) is 15.5. The molecule has 1 spiro atoms. The van der Waals surface area contributed by atoms with Gasteiger partial charge in [-0.2, -0.15) is 0 Å². The minimum Gasteiger partial charge on any atom is -0.481 e. The summed E-state index contributed by atoms with van der Waals surface area (Å²) < 4.78 is 0. The molecule has 116 valence electrons. The van der Waals surface area contributed by atoms with Crippen molar-refractivity contribution in [2.45, 2.75) is 38.3 Å². The molecule has 4 aliphatic rings. The number of fused-ring (bicyclic) bond motifs is 3. The van der Waals surface area contributed by atoms with Gasteiger partial charge in [0.1, 0.15) is 5.66 Å². The van der Waals surface area contributed by atoms with Gasteiger partial charge in [-0.3, -0.25) is 9.59 Å². The molecule has 0 unspecified atom stereocenters. The first-order valence-corrected chi connectivity index (χ1v) is 7.86. The molecule has 3 saturated carbocycles. The molecule has 5 rings (SSSR count). The van der Waals surface area contributed by atoms with Crippen LogP contribution in [0, 0.1) is 17.3 Å². The van der Waals surface area contributed by atoms with Gasteiger partial charge in [0, 0.05) is 11.6 Å². The first kappa shape index (κ1) is 13.6. The van der Waals surface area contributed by atoms with E-state index in [0.29, 0.717) is 18.4 Å². The zero-order valence-corrected chi connectivity index (χ0v) is 12.6. The van der Waals surface area contributed by atoms with Gasteiger partial charge in [-0.05, 0) is 43.2 Å². The number of anilines is 1. The third kappa shape index (κ3) is 1.71. The fourth-order valence-corrected chi connectivity index (χ4v) is 4.83. The third-order valence-corrected chi connectivity index (χ3v) is 5.97. The maximum absolute atomic E-state index is 12.5. The van der Waals surface area contributed by atoms with Gasteiger partial charge in [-0.15, -0.1) is 0 Å². The van der Waals surface area contributed by atoms with Crippen molar-refractivity contribution in [3.8, 4) is 0 Å². The molecule has 1 aromatic carbocycles. The van der Waals surface area contributed by atoms with Crippen LogP contribution in [-0.2, 0) is 4.79 Å². The van der Waals surface area contributed by atoms with Crippen molar-refractivity contribution in [3.05, 3.63) is 29.8 Å². The van der Waals surface area contributed by atoms with E-state index in [9.17, 15) is 14.7 Å². The Morgan fingerprint density at radius 3 is 2.82 bits per heavy atom. The molecular formula is C17H20N2O3. The van der Waals surface area contributed by atoms with Crippen molar-refractivity contribution in [2.24, 2.45) is 17.3 Å². The van der Waals surface area contributed by atoms with Crippen LogP contribution in [0.1, 0.15) is 43.0 Å². The average Bonchev–Trinajstić information content (AvgIpc) is 2.46. The Morgan fingerprint density at radius 2 is 2.09 bits per heavy atom. The topological polar surface area (TPSA) is 78.4 Å². The minimum atomic E-state index is -0.704. The second-order valence-corrected chi connectivity index (χ2v) is 7.29. The molecule has 0 radical (unpaired) electrons. The first-order chi connectivity index (χ1) is 10.4. The van der Waals surface area contributed by atoms with E-state index < -0.39 is 11.6 Å².